The lowest BCUT2D eigenvalue weighted by Crippen LogP contribution is -2.12. The zero-order valence-corrected chi connectivity index (χ0v) is 6.91. The van der Waals surface area contributed by atoms with Gasteiger partial charge in [-0.3, -0.25) is 0 Å². The number of hydrogen-bond acceptors (Lipinski definition) is 3. The maximum absolute atomic E-state index is 5.74. The summed E-state index contributed by atoms with van der Waals surface area (Å²) in [6.45, 7) is 3.96. The Kier molecular flexibility index (Phi) is 2.54. The van der Waals surface area contributed by atoms with Gasteiger partial charge in [-0.2, -0.15) is 0 Å². The van der Waals surface area contributed by atoms with Crippen LogP contribution in [0.25, 0.3) is 0 Å². The summed E-state index contributed by atoms with van der Waals surface area (Å²) >= 11 is 0. The summed E-state index contributed by atoms with van der Waals surface area (Å²) < 4.78 is 0. The zero-order valence-electron chi connectivity index (χ0n) is 6.91. The zero-order chi connectivity index (χ0) is 8.27. The van der Waals surface area contributed by atoms with Gasteiger partial charge in [-0.15, -0.1) is 0 Å². The van der Waals surface area contributed by atoms with E-state index in [1.807, 2.05) is 19.9 Å². The largest absolute Gasteiger partial charge is 0.321 e. The third kappa shape index (κ3) is 1.98. The summed E-state index contributed by atoms with van der Waals surface area (Å²) in [4.78, 5) is 8.28. The molecule has 0 amide bonds. The molecule has 0 fully saturated rings. The summed E-state index contributed by atoms with van der Waals surface area (Å²) in [6.07, 6.45) is 2.62. The molecule has 1 unspecified atom stereocenters. The molecule has 0 aromatic carbocycles. The van der Waals surface area contributed by atoms with Gasteiger partial charge in [-0.05, 0) is 19.4 Å². The second-order valence-electron chi connectivity index (χ2n) is 2.57. The van der Waals surface area contributed by atoms with Crippen LogP contribution in [0, 0.1) is 6.92 Å². The summed E-state index contributed by atoms with van der Waals surface area (Å²) in [5, 5.41) is 0. The predicted molar refractivity (Wildman–Crippen MR) is 44.0 cm³/mol. The number of nitrogens with zero attached hydrogens (tertiary/aromatic N) is 2. The van der Waals surface area contributed by atoms with Crippen molar-refractivity contribution >= 4 is 0 Å². The third-order valence-corrected chi connectivity index (χ3v) is 1.58. The second-order valence-corrected chi connectivity index (χ2v) is 2.57. The fourth-order valence-electron chi connectivity index (χ4n) is 0.830. The molecule has 0 aliphatic heterocycles. The Morgan fingerprint density at radius 3 is 2.91 bits per heavy atom. The van der Waals surface area contributed by atoms with Gasteiger partial charge in [0, 0.05) is 11.9 Å². The van der Waals surface area contributed by atoms with Gasteiger partial charge in [-0.1, -0.05) is 6.92 Å². The SMILES string of the molecule is CCC(N)c1nccc(C)n1. The van der Waals surface area contributed by atoms with Crippen molar-refractivity contribution in [1.82, 2.24) is 9.97 Å². The fraction of sp³-hybridized carbons (Fsp3) is 0.500. The van der Waals surface area contributed by atoms with Crippen molar-refractivity contribution in [3.8, 4) is 0 Å². The minimum Gasteiger partial charge on any atom is -0.321 e. The molecular formula is C8H13N3. The number of nitrogens with two attached hydrogens (primary N) is 1. The van der Waals surface area contributed by atoms with Crippen molar-refractivity contribution < 1.29 is 0 Å². The first-order valence-corrected chi connectivity index (χ1v) is 3.79. The van der Waals surface area contributed by atoms with Gasteiger partial charge in [0.15, 0.2) is 0 Å². The molecule has 1 aromatic rings. The second kappa shape index (κ2) is 3.44. The highest BCUT2D eigenvalue weighted by molar-refractivity contribution is 5.02. The molecular weight excluding hydrogens is 138 g/mol. The van der Waals surface area contributed by atoms with Gasteiger partial charge >= 0.3 is 0 Å². The highest BCUT2D eigenvalue weighted by Gasteiger charge is 2.04. The molecule has 0 saturated heterocycles. The van der Waals surface area contributed by atoms with Crippen molar-refractivity contribution in [3.63, 3.8) is 0 Å². The van der Waals surface area contributed by atoms with Gasteiger partial charge in [-0.25, -0.2) is 9.97 Å². The Hall–Kier alpha value is -0.960. The molecule has 0 bridgehead atoms. The van der Waals surface area contributed by atoms with Crippen LogP contribution in [0.3, 0.4) is 0 Å². The monoisotopic (exact) mass is 151 g/mol. The quantitative estimate of drug-likeness (QED) is 0.690. The van der Waals surface area contributed by atoms with Gasteiger partial charge in [0.2, 0.25) is 0 Å². The summed E-state index contributed by atoms with van der Waals surface area (Å²) in [5.74, 6) is 0.743. The highest BCUT2D eigenvalue weighted by atomic mass is 14.9. The van der Waals surface area contributed by atoms with Gasteiger partial charge < -0.3 is 5.73 Å². The molecule has 3 nitrogen and oxygen atoms in total. The molecule has 2 N–H and O–H groups in total. The van der Waals surface area contributed by atoms with E-state index in [0.29, 0.717) is 0 Å². The van der Waals surface area contributed by atoms with Crippen LogP contribution in [0.1, 0.15) is 30.9 Å². The standard InChI is InChI=1S/C8H13N3/c1-3-7(9)8-10-5-4-6(2)11-8/h4-5,7H,3,9H2,1-2H3. The van der Waals surface area contributed by atoms with Crippen LogP contribution in [0.5, 0.6) is 0 Å². The molecule has 1 aromatic heterocycles. The van der Waals surface area contributed by atoms with E-state index >= 15 is 0 Å². The van der Waals surface area contributed by atoms with E-state index in [1.165, 1.54) is 0 Å². The third-order valence-electron chi connectivity index (χ3n) is 1.58. The van der Waals surface area contributed by atoms with Crippen molar-refractivity contribution in [2.45, 2.75) is 26.3 Å². The van der Waals surface area contributed by atoms with Crippen molar-refractivity contribution in [2.24, 2.45) is 5.73 Å². The van der Waals surface area contributed by atoms with Crippen LogP contribution in [-0.2, 0) is 0 Å². The number of aromatic nitrogens is 2. The smallest absolute Gasteiger partial charge is 0.145 e. The Labute approximate surface area is 66.7 Å². The van der Waals surface area contributed by atoms with Crippen molar-refractivity contribution in [2.75, 3.05) is 0 Å². The summed E-state index contributed by atoms with van der Waals surface area (Å²) in [5.41, 5.74) is 6.71. The fourth-order valence-corrected chi connectivity index (χ4v) is 0.830. The van der Waals surface area contributed by atoms with Gasteiger partial charge in [0.25, 0.3) is 0 Å². The Bertz CT molecular complexity index is 235. The average molecular weight is 151 g/mol. The first-order valence-electron chi connectivity index (χ1n) is 3.79. The first kappa shape index (κ1) is 8.14. The maximum atomic E-state index is 5.74. The lowest BCUT2D eigenvalue weighted by molar-refractivity contribution is 0.645. The molecule has 11 heavy (non-hydrogen) atoms. The molecule has 0 aliphatic rings. The molecule has 60 valence electrons. The lowest BCUT2D eigenvalue weighted by atomic mass is 10.2. The van der Waals surface area contributed by atoms with Crippen molar-refractivity contribution in [3.05, 3.63) is 23.8 Å². The Balaban J connectivity index is 2.86. The van der Waals surface area contributed by atoms with E-state index in [4.69, 9.17) is 5.73 Å². The molecule has 1 atom stereocenters. The number of hydrogen-bond donors (Lipinski definition) is 1. The summed E-state index contributed by atoms with van der Waals surface area (Å²) in [7, 11) is 0. The minimum absolute atomic E-state index is 0.0186. The molecule has 0 saturated carbocycles. The van der Waals surface area contributed by atoms with E-state index in [0.717, 1.165) is 17.9 Å². The highest BCUT2D eigenvalue weighted by Crippen LogP contribution is 2.06. The van der Waals surface area contributed by atoms with Crippen LogP contribution >= 0.6 is 0 Å². The normalized spacial score (nSPS) is 13.0. The van der Waals surface area contributed by atoms with E-state index in [-0.39, 0.29) is 6.04 Å². The topological polar surface area (TPSA) is 51.8 Å². The van der Waals surface area contributed by atoms with Gasteiger partial charge in [0.05, 0.1) is 6.04 Å². The van der Waals surface area contributed by atoms with Crippen LogP contribution in [-0.4, -0.2) is 9.97 Å². The number of aryl methyl sites for hydroxylation is 1. The minimum atomic E-state index is -0.0186. The van der Waals surface area contributed by atoms with Crippen molar-refractivity contribution in [1.29, 1.82) is 0 Å². The average Bonchev–Trinajstić information content (AvgIpc) is 2.03. The summed E-state index contributed by atoms with van der Waals surface area (Å²) in [6, 6.07) is 1.85. The van der Waals surface area contributed by atoms with Crippen LogP contribution in [0.4, 0.5) is 0 Å². The van der Waals surface area contributed by atoms with Crippen LogP contribution in [0.15, 0.2) is 12.3 Å². The predicted octanol–water partition coefficient (Wildman–Crippen LogP) is 1.19. The maximum Gasteiger partial charge on any atom is 0.145 e. The Morgan fingerprint density at radius 2 is 2.36 bits per heavy atom. The molecule has 0 spiro atoms. The Morgan fingerprint density at radius 1 is 1.64 bits per heavy atom. The molecule has 3 heteroatoms. The molecule has 1 heterocycles. The van der Waals surface area contributed by atoms with E-state index in [9.17, 15) is 0 Å². The van der Waals surface area contributed by atoms with Crippen LogP contribution < -0.4 is 5.73 Å². The number of rotatable bonds is 2. The lowest BCUT2D eigenvalue weighted by Gasteiger charge is -2.06. The van der Waals surface area contributed by atoms with Crippen LogP contribution in [0.2, 0.25) is 0 Å². The van der Waals surface area contributed by atoms with E-state index < -0.39 is 0 Å². The van der Waals surface area contributed by atoms with E-state index in [2.05, 4.69) is 9.97 Å². The van der Waals surface area contributed by atoms with E-state index in [1.54, 1.807) is 6.20 Å². The first-order chi connectivity index (χ1) is 5.24. The molecule has 0 aliphatic carbocycles. The van der Waals surface area contributed by atoms with Gasteiger partial charge in [0.1, 0.15) is 5.82 Å². The molecule has 1 rings (SSSR count). The molecule has 0 radical (unpaired) electrons.